The third-order valence-electron chi connectivity index (χ3n) is 5.46. The van der Waals surface area contributed by atoms with Crippen molar-refractivity contribution in [1.82, 2.24) is 5.32 Å². The van der Waals surface area contributed by atoms with Gasteiger partial charge in [0.15, 0.2) is 0 Å². The molecule has 5 N–H and O–H groups in total. The van der Waals surface area contributed by atoms with Crippen molar-refractivity contribution in [1.29, 1.82) is 0 Å². The summed E-state index contributed by atoms with van der Waals surface area (Å²) in [6.45, 7) is 4.37. The second-order valence-corrected chi connectivity index (χ2v) is 7.67. The molecule has 0 saturated carbocycles. The maximum atomic E-state index is 12.6. The Kier molecular flexibility index (Phi) is 6.79. The lowest BCUT2D eigenvalue weighted by atomic mass is 10.1. The minimum Gasteiger partial charge on any atom is -0.369 e. The van der Waals surface area contributed by atoms with Crippen molar-refractivity contribution < 1.29 is 9.59 Å². The van der Waals surface area contributed by atoms with E-state index < -0.39 is 0 Å². The molecule has 7 nitrogen and oxygen atoms in total. The third-order valence-corrected chi connectivity index (χ3v) is 5.46. The molecule has 1 fully saturated rings. The number of nitrogens with two attached hydrogens (primary N) is 1. The van der Waals surface area contributed by atoms with E-state index in [0.717, 1.165) is 43.1 Å². The highest BCUT2D eigenvalue weighted by molar-refractivity contribution is 6.07. The van der Waals surface area contributed by atoms with Crippen LogP contribution in [0.3, 0.4) is 0 Å². The molecular weight excluding hydrogens is 402 g/mol. The van der Waals surface area contributed by atoms with E-state index in [2.05, 4.69) is 20.9 Å². The lowest BCUT2D eigenvalue weighted by Crippen LogP contribution is -2.43. The fourth-order valence-electron chi connectivity index (χ4n) is 3.58. The van der Waals surface area contributed by atoms with Gasteiger partial charge in [0.2, 0.25) is 0 Å². The van der Waals surface area contributed by atoms with E-state index in [0.29, 0.717) is 23.4 Å². The third kappa shape index (κ3) is 5.32. The molecule has 1 heterocycles. The van der Waals surface area contributed by atoms with Crippen molar-refractivity contribution in [2.24, 2.45) is 5.73 Å². The maximum absolute atomic E-state index is 12.6. The summed E-state index contributed by atoms with van der Waals surface area (Å²) in [6, 6.07) is 21.8. The fraction of sp³-hybridized carbons (Fsp3) is 0.200. The fourth-order valence-corrected chi connectivity index (χ4v) is 3.58. The van der Waals surface area contributed by atoms with Crippen molar-refractivity contribution in [3.63, 3.8) is 0 Å². The van der Waals surface area contributed by atoms with Gasteiger partial charge in [-0.25, -0.2) is 0 Å². The predicted octanol–water partition coefficient (Wildman–Crippen LogP) is 3.06. The quantitative estimate of drug-likeness (QED) is 0.483. The first-order valence-corrected chi connectivity index (χ1v) is 10.7. The lowest BCUT2D eigenvalue weighted by molar-refractivity contribution is 0.101. The Morgan fingerprint density at radius 3 is 1.69 bits per heavy atom. The van der Waals surface area contributed by atoms with Crippen molar-refractivity contribution in [2.45, 2.75) is 6.54 Å². The summed E-state index contributed by atoms with van der Waals surface area (Å²) >= 11 is 0. The van der Waals surface area contributed by atoms with Crippen LogP contribution in [0, 0.1) is 0 Å². The topological polar surface area (TPSA) is 99.5 Å². The number of anilines is 3. The van der Waals surface area contributed by atoms with Gasteiger partial charge >= 0.3 is 0 Å². The first-order chi connectivity index (χ1) is 15.6. The largest absolute Gasteiger partial charge is 0.369 e. The second-order valence-electron chi connectivity index (χ2n) is 7.67. The van der Waals surface area contributed by atoms with Crippen LogP contribution in [0.5, 0.6) is 0 Å². The normalized spacial score (nSPS) is 13.5. The molecule has 7 heteroatoms. The summed E-state index contributed by atoms with van der Waals surface area (Å²) in [5.41, 5.74) is 10.1. The Morgan fingerprint density at radius 2 is 1.22 bits per heavy atom. The molecule has 0 spiro atoms. The first kappa shape index (κ1) is 21.5. The number of carbonyl (C=O) groups excluding carboxylic acids is 2. The molecule has 1 aliphatic rings. The van der Waals surface area contributed by atoms with Gasteiger partial charge in [0.25, 0.3) is 11.8 Å². The van der Waals surface area contributed by atoms with E-state index in [9.17, 15) is 9.59 Å². The van der Waals surface area contributed by atoms with Crippen molar-refractivity contribution >= 4 is 28.9 Å². The standard InChI is InChI=1S/C25H27N5O2/c26-17-18-1-7-21(8-2-18)28-24(31)19-3-5-20(6-4-19)25(32)29-22-9-11-23(12-10-22)30-15-13-27-14-16-30/h1-12,27H,13-17,26H2,(H,28,31)(H,29,32). The minimum absolute atomic E-state index is 0.218. The number of rotatable bonds is 6. The van der Waals surface area contributed by atoms with E-state index >= 15 is 0 Å². The van der Waals surface area contributed by atoms with Crippen LogP contribution in [-0.4, -0.2) is 38.0 Å². The lowest BCUT2D eigenvalue weighted by Gasteiger charge is -2.29. The summed E-state index contributed by atoms with van der Waals surface area (Å²) in [5, 5.41) is 9.09. The molecule has 0 atom stereocenters. The van der Waals surface area contributed by atoms with E-state index in [4.69, 9.17) is 5.73 Å². The zero-order chi connectivity index (χ0) is 22.3. The maximum Gasteiger partial charge on any atom is 0.255 e. The number of piperazine rings is 1. The van der Waals surface area contributed by atoms with Gasteiger partial charge in [0, 0.05) is 60.9 Å². The number of nitrogens with one attached hydrogen (secondary N) is 3. The van der Waals surface area contributed by atoms with Gasteiger partial charge in [0.1, 0.15) is 0 Å². The van der Waals surface area contributed by atoms with E-state index in [-0.39, 0.29) is 11.8 Å². The van der Waals surface area contributed by atoms with Crippen LogP contribution in [0.15, 0.2) is 72.8 Å². The Hall–Kier alpha value is -3.68. The summed E-state index contributed by atoms with van der Waals surface area (Å²) in [4.78, 5) is 27.4. The van der Waals surface area contributed by atoms with Crippen molar-refractivity contribution in [3.05, 3.63) is 89.5 Å². The van der Waals surface area contributed by atoms with E-state index in [1.54, 1.807) is 24.3 Å². The predicted molar refractivity (Wildman–Crippen MR) is 128 cm³/mol. The van der Waals surface area contributed by atoms with Gasteiger partial charge < -0.3 is 26.6 Å². The van der Waals surface area contributed by atoms with E-state index in [1.807, 2.05) is 48.5 Å². The molecule has 0 unspecified atom stereocenters. The first-order valence-electron chi connectivity index (χ1n) is 10.7. The SMILES string of the molecule is NCc1ccc(NC(=O)c2ccc(C(=O)Nc3ccc(N4CCNCC4)cc3)cc2)cc1. The van der Waals surface area contributed by atoms with Gasteiger partial charge in [-0.15, -0.1) is 0 Å². The van der Waals surface area contributed by atoms with Crippen molar-refractivity contribution in [2.75, 3.05) is 41.7 Å². The number of nitrogens with zero attached hydrogens (tertiary/aromatic N) is 1. The minimum atomic E-state index is -0.235. The molecule has 0 aromatic heterocycles. The van der Waals surface area contributed by atoms with Crippen LogP contribution in [0.4, 0.5) is 17.1 Å². The molecule has 3 aromatic rings. The van der Waals surface area contributed by atoms with Crippen LogP contribution in [0.1, 0.15) is 26.3 Å². The smallest absolute Gasteiger partial charge is 0.255 e. The Morgan fingerprint density at radius 1 is 0.750 bits per heavy atom. The Bertz CT molecular complexity index is 1060. The zero-order valence-electron chi connectivity index (χ0n) is 17.8. The van der Waals surface area contributed by atoms with E-state index in [1.165, 1.54) is 0 Å². The number of amides is 2. The van der Waals surface area contributed by atoms with Crippen LogP contribution < -0.4 is 26.6 Å². The van der Waals surface area contributed by atoms with Crippen LogP contribution in [0.2, 0.25) is 0 Å². The molecule has 0 aliphatic carbocycles. The summed E-state index contributed by atoms with van der Waals surface area (Å²) in [6.07, 6.45) is 0. The average molecular weight is 430 g/mol. The number of carbonyl (C=O) groups is 2. The van der Waals surface area contributed by atoms with Crippen LogP contribution in [0.25, 0.3) is 0 Å². The molecule has 0 radical (unpaired) electrons. The molecule has 1 saturated heterocycles. The van der Waals surface area contributed by atoms with Gasteiger partial charge in [-0.05, 0) is 66.2 Å². The number of benzene rings is 3. The Balaban J connectivity index is 1.34. The summed E-state index contributed by atoms with van der Waals surface area (Å²) < 4.78 is 0. The highest BCUT2D eigenvalue weighted by Gasteiger charge is 2.12. The average Bonchev–Trinajstić information content (AvgIpc) is 2.85. The molecule has 4 rings (SSSR count). The highest BCUT2D eigenvalue weighted by atomic mass is 16.2. The summed E-state index contributed by atoms with van der Waals surface area (Å²) in [7, 11) is 0. The summed E-state index contributed by atoms with van der Waals surface area (Å²) in [5.74, 6) is -0.454. The van der Waals surface area contributed by atoms with Crippen LogP contribution in [-0.2, 0) is 6.54 Å². The van der Waals surface area contributed by atoms with Gasteiger partial charge in [-0.3, -0.25) is 9.59 Å². The number of hydrogen-bond donors (Lipinski definition) is 4. The number of hydrogen-bond acceptors (Lipinski definition) is 5. The molecule has 1 aliphatic heterocycles. The second kappa shape index (κ2) is 10.1. The van der Waals surface area contributed by atoms with Gasteiger partial charge in [0.05, 0.1) is 0 Å². The zero-order valence-corrected chi connectivity index (χ0v) is 17.8. The molecule has 2 amide bonds. The molecule has 3 aromatic carbocycles. The molecule has 164 valence electrons. The van der Waals surface area contributed by atoms with Gasteiger partial charge in [-0.2, -0.15) is 0 Å². The highest BCUT2D eigenvalue weighted by Crippen LogP contribution is 2.19. The monoisotopic (exact) mass is 429 g/mol. The Labute approximate surface area is 187 Å². The molecule has 0 bridgehead atoms. The van der Waals surface area contributed by atoms with Crippen molar-refractivity contribution in [3.8, 4) is 0 Å². The molecule has 32 heavy (non-hydrogen) atoms. The van der Waals surface area contributed by atoms with Gasteiger partial charge in [-0.1, -0.05) is 12.1 Å². The molecular formula is C25H27N5O2. The van der Waals surface area contributed by atoms with Crippen LogP contribution >= 0.6 is 0 Å².